The van der Waals surface area contributed by atoms with Gasteiger partial charge in [0.2, 0.25) is 0 Å². The molecule has 106 valence electrons. The van der Waals surface area contributed by atoms with Gasteiger partial charge in [-0.2, -0.15) is 0 Å². The van der Waals surface area contributed by atoms with Gasteiger partial charge in [0.05, 0.1) is 6.04 Å². The van der Waals surface area contributed by atoms with E-state index in [1.807, 2.05) is 13.0 Å². The van der Waals surface area contributed by atoms with E-state index >= 15 is 0 Å². The van der Waals surface area contributed by atoms with Crippen molar-refractivity contribution in [1.82, 2.24) is 5.43 Å². The number of aryl methyl sites for hydroxylation is 2. The van der Waals surface area contributed by atoms with Gasteiger partial charge in [0.1, 0.15) is 11.6 Å². The number of nitrogens with two attached hydrogens (primary N) is 1. The van der Waals surface area contributed by atoms with Gasteiger partial charge in [-0.1, -0.05) is 22.0 Å². The Morgan fingerprint density at radius 3 is 2.40 bits per heavy atom. The van der Waals surface area contributed by atoms with Crippen molar-refractivity contribution in [3.8, 4) is 0 Å². The van der Waals surface area contributed by atoms with Crippen LogP contribution in [0.1, 0.15) is 28.3 Å². The summed E-state index contributed by atoms with van der Waals surface area (Å²) in [5.74, 6) is 4.70. The van der Waals surface area contributed by atoms with Gasteiger partial charge in [-0.3, -0.25) is 5.84 Å². The first-order chi connectivity index (χ1) is 9.43. The van der Waals surface area contributed by atoms with Gasteiger partial charge in [-0.15, -0.1) is 0 Å². The van der Waals surface area contributed by atoms with E-state index in [4.69, 9.17) is 5.84 Å². The van der Waals surface area contributed by atoms with E-state index < -0.39 is 17.7 Å². The smallest absolute Gasteiger partial charge is 0.128 e. The summed E-state index contributed by atoms with van der Waals surface area (Å²) >= 11 is 3.29. The van der Waals surface area contributed by atoms with Crippen LogP contribution < -0.4 is 11.3 Å². The highest BCUT2D eigenvalue weighted by Gasteiger charge is 2.22. The summed E-state index contributed by atoms with van der Waals surface area (Å²) < 4.78 is 28.9. The van der Waals surface area contributed by atoms with Crippen LogP contribution in [-0.2, 0) is 0 Å². The Bertz CT molecular complexity index is 621. The molecule has 0 fully saturated rings. The maximum atomic E-state index is 14.2. The summed E-state index contributed by atoms with van der Waals surface area (Å²) in [4.78, 5) is 0. The molecule has 0 aliphatic rings. The lowest BCUT2D eigenvalue weighted by atomic mass is 9.93. The minimum atomic E-state index is -0.742. The lowest BCUT2D eigenvalue weighted by Gasteiger charge is -2.21. The van der Waals surface area contributed by atoms with Gasteiger partial charge in [0.25, 0.3) is 0 Å². The fourth-order valence-corrected chi connectivity index (χ4v) is 2.74. The monoisotopic (exact) mass is 340 g/mol. The number of hydrazine groups is 1. The molecule has 20 heavy (non-hydrogen) atoms. The Balaban J connectivity index is 2.61. The molecule has 5 heteroatoms. The van der Waals surface area contributed by atoms with Crippen LogP contribution in [0.4, 0.5) is 8.78 Å². The maximum Gasteiger partial charge on any atom is 0.128 e. The molecular formula is C15H15BrF2N2. The average molecular weight is 341 g/mol. The van der Waals surface area contributed by atoms with Crippen molar-refractivity contribution >= 4 is 15.9 Å². The van der Waals surface area contributed by atoms with E-state index in [1.165, 1.54) is 12.1 Å². The second kappa shape index (κ2) is 5.99. The SMILES string of the molecule is Cc1cc(C)c(C(NN)c2cc(Br)ccc2F)c(F)c1. The number of rotatable bonds is 3. The largest absolute Gasteiger partial charge is 0.271 e. The molecule has 0 saturated heterocycles. The first-order valence-electron chi connectivity index (χ1n) is 6.11. The molecule has 0 spiro atoms. The van der Waals surface area contributed by atoms with E-state index in [0.717, 1.165) is 11.1 Å². The third-order valence-electron chi connectivity index (χ3n) is 3.21. The highest BCUT2D eigenvalue weighted by atomic mass is 79.9. The highest BCUT2D eigenvalue weighted by Crippen LogP contribution is 2.30. The first kappa shape index (κ1) is 15.1. The van der Waals surface area contributed by atoms with Crippen molar-refractivity contribution in [3.63, 3.8) is 0 Å². The Morgan fingerprint density at radius 1 is 1.10 bits per heavy atom. The molecule has 2 rings (SSSR count). The molecule has 0 radical (unpaired) electrons. The molecule has 0 amide bonds. The van der Waals surface area contributed by atoms with Crippen LogP contribution in [-0.4, -0.2) is 0 Å². The molecule has 2 aromatic carbocycles. The molecule has 2 nitrogen and oxygen atoms in total. The quantitative estimate of drug-likeness (QED) is 0.656. The standard InChI is InChI=1S/C15H15BrF2N2/c1-8-5-9(2)14(13(18)6-8)15(20-19)11-7-10(16)3-4-12(11)17/h3-7,15,20H,19H2,1-2H3. The summed E-state index contributed by atoms with van der Waals surface area (Å²) in [6.45, 7) is 3.59. The second-order valence-corrected chi connectivity index (χ2v) is 5.66. The Kier molecular flexibility index (Phi) is 4.52. The van der Waals surface area contributed by atoms with E-state index in [2.05, 4.69) is 21.4 Å². The zero-order chi connectivity index (χ0) is 14.9. The van der Waals surface area contributed by atoms with Gasteiger partial charge in [-0.25, -0.2) is 14.2 Å². The molecule has 3 N–H and O–H groups in total. The molecule has 0 saturated carbocycles. The Labute approximate surface area is 125 Å². The van der Waals surface area contributed by atoms with Gasteiger partial charge >= 0.3 is 0 Å². The third-order valence-corrected chi connectivity index (χ3v) is 3.70. The highest BCUT2D eigenvalue weighted by molar-refractivity contribution is 9.10. The molecule has 1 atom stereocenters. The second-order valence-electron chi connectivity index (χ2n) is 4.74. The molecule has 0 bridgehead atoms. The number of hydrogen-bond acceptors (Lipinski definition) is 2. The molecule has 1 unspecified atom stereocenters. The predicted molar refractivity (Wildman–Crippen MR) is 79.1 cm³/mol. The normalized spacial score (nSPS) is 12.5. The fourth-order valence-electron chi connectivity index (χ4n) is 2.36. The van der Waals surface area contributed by atoms with Gasteiger partial charge < -0.3 is 0 Å². The van der Waals surface area contributed by atoms with Crippen molar-refractivity contribution in [2.24, 2.45) is 5.84 Å². The number of nitrogens with one attached hydrogen (secondary N) is 1. The topological polar surface area (TPSA) is 38.0 Å². The van der Waals surface area contributed by atoms with E-state index in [0.29, 0.717) is 15.6 Å². The molecule has 2 aromatic rings. The maximum absolute atomic E-state index is 14.2. The molecule has 0 aromatic heterocycles. The van der Waals surface area contributed by atoms with Gasteiger partial charge in [-0.05, 0) is 49.2 Å². The third kappa shape index (κ3) is 2.90. The van der Waals surface area contributed by atoms with Crippen molar-refractivity contribution in [3.05, 3.63) is 68.7 Å². The Hall–Kier alpha value is -1.30. The van der Waals surface area contributed by atoms with Crippen LogP contribution >= 0.6 is 15.9 Å². The molecule has 0 aliphatic carbocycles. The van der Waals surface area contributed by atoms with Crippen LogP contribution in [0.2, 0.25) is 0 Å². The van der Waals surface area contributed by atoms with Crippen LogP contribution in [0, 0.1) is 25.5 Å². The lowest BCUT2D eigenvalue weighted by molar-refractivity contribution is 0.528. The number of benzene rings is 2. The van der Waals surface area contributed by atoms with Gasteiger partial charge in [0.15, 0.2) is 0 Å². The number of hydrogen-bond donors (Lipinski definition) is 2. The van der Waals surface area contributed by atoms with Gasteiger partial charge in [0, 0.05) is 15.6 Å². The average Bonchev–Trinajstić information content (AvgIpc) is 2.37. The van der Waals surface area contributed by atoms with Crippen molar-refractivity contribution in [2.45, 2.75) is 19.9 Å². The van der Waals surface area contributed by atoms with Crippen LogP contribution in [0.3, 0.4) is 0 Å². The summed E-state index contributed by atoms with van der Waals surface area (Å²) in [6.07, 6.45) is 0. The molecule has 0 aliphatic heterocycles. The molecule has 0 heterocycles. The zero-order valence-corrected chi connectivity index (χ0v) is 12.8. The van der Waals surface area contributed by atoms with Crippen LogP contribution in [0.15, 0.2) is 34.8 Å². The van der Waals surface area contributed by atoms with E-state index in [9.17, 15) is 8.78 Å². The number of halogens is 3. The predicted octanol–water partition coefficient (Wildman–Crippen LogP) is 3.90. The minimum Gasteiger partial charge on any atom is -0.271 e. The summed E-state index contributed by atoms with van der Waals surface area (Å²) in [5, 5.41) is 0. The summed E-state index contributed by atoms with van der Waals surface area (Å²) in [5.41, 5.74) is 4.70. The zero-order valence-electron chi connectivity index (χ0n) is 11.2. The van der Waals surface area contributed by atoms with E-state index in [1.54, 1.807) is 19.1 Å². The summed E-state index contributed by atoms with van der Waals surface area (Å²) in [7, 11) is 0. The lowest BCUT2D eigenvalue weighted by Crippen LogP contribution is -2.31. The Morgan fingerprint density at radius 2 is 1.80 bits per heavy atom. The van der Waals surface area contributed by atoms with Crippen LogP contribution in [0.25, 0.3) is 0 Å². The van der Waals surface area contributed by atoms with Crippen molar-refractivity contribution in [1.29, 1.82) is 0 Å². The van der Waals surface area contributed by atoms with Crippen LogP contribution in [0.5, 0.6) is 0 Å². The van der Waals surface area contributed by atoms with Crippen molar-refractivity contribution < 1.29 is 8.78 Å². The first-order valence-corrected chi connectivity index (χ1v) is 6.91. The van der Waals surface area contributed by atoms with Crippen molar-refractivity contribution in [2.75, 3.05) is 0 Å². The summed E-state index contributed by atoms with van der Waals surface area (Å²) in [6, 6.07) is 7.03. The van der Waals surface area contributed by atoms with E-state index in [-0.39, 0.29) is 0 Å². The minimum absolute atomic E-state index is 0.299. The fraction of sp³-hybridized carbons (Fsp3) is 0.200. The molecular weight excluding hydrogens is 326 g/mol.